The van der Waals surface area contributed by atoms with Crippen molar-refractivity contribution in [2.75, 3.05) is 11.9 Å². The molecule has 0 aliphatic rings. The molecule has 0 saturated heterocycles. The van der Waals surface area contributed by atoms with Crippen LogP contribution in [0.15, 0.2) is 75.8 Å². The first-order valence-corrected chi connectivity index (χ1v) is 13.9. The minimum absolute atomic E-state index is 0.0403. The van der Waals surface area contributed by atoms with E-state index in [0.29, 0.717) is 35.1 Å². The lowest BCUT2D eigenvalue weighted by Crippen LogP contribution is -2.12. The average molecular weight is 588 g/mol. The van der Waals surface area contributed by atoms with Crippen LogP contribution in [0, 0.1) is 0 Å². The first-order valence-electron chi connectivity index (χ1n) is 11.7. The van der Waals surface area contributed by atoms with Gasteiger partial charge in [-0.1, -0.05) is 54.4 Å². The summed E-state index contributed by atoms with van der Waals surface area (Å²) in [6.45, 7) is 4.00. The van der Waals surface area contributed by atoms with Gasteiger partial charge in [0.15, 0.2) is 5.75 Å². The van der Waals surface area contributed by atoms with Crippen LogP contribution in [0.3, 0.4) is 0 Å². The number of hydrogen-bond donors (Lipinski definition) is 3. The predicted octanol–water partition coefficient (Wildman–Crippen LogP) is 7.73. The zero-order valence-corrected chi connectivity index (χ0v) is 23.1. The van der Waals surface area contributed by atoms with Crippen molar-refractivity contribution in [2.45, 2.75) is 25.2 Å². The van der Waals surface area contributed by atoms with E-state index in [9.17, 15) is 22.9 Å². The molecular formula is C27H23Cl2N3O6S. The summed E-state index contributed by atoms with van der Waals surface area (Å²) in [5, 5.41) is 23.5. The number of azo groups is 1. The highest BCUT2D eigenvalue weighted by molar-refractivity contribution is 7.85. The number of halogens is 2. The van der Waals surface area contributed by atoms with Gasteiger partial charge < -0.3 is 15.2 Å². The first-order chi connectivity index (χ1) is 18.5. The second kappa shape index (κ2) is 11.6. The van der Waals surface area contributed by atoms with Gasteiger partial charge in [-0.15, -0.1) is 10.2 Å². The number of amides is 1. The fraction of sp³-hybridized carbons (Fsp3) is 0.148. The number of fused-ring (bicyclic) bond motifs is 1. The molecule has 0 unspecified atom stereocenters. The lowest BCUT2D eigenvalue weighted by molar-refractivity contribution is 0.102. The number of nitrogens with zero attached hydrogens (tertiary/aromatic N) is 2. The molecular weight excluding hydrogens is 565 g/mol. The van der Waals surface area contributed by atoms with E-state index in [1.165, 1.54) is 12.1 Å². The zero-order valence-electron chi connectivity index (χ0n) is 20.8. The third kappa shape index (κ3) is 6.15. The normalized spacial score (nSPS) is 11.7. The second-order valence-electron chi connectivity index (χ2n) is 8.32. The number of benzene rings is 4. The predicted molar refractivity (Wildman–Crippen MR) is 151 cm³/mol. The summed E-state index contributed by atoms with van der Waals surface area (Å²) in [5.41, 5.74) is 0.520. The molecule has 0 fully saturated rings. The molecule has 12 heteroatoms. The molecule has 39 heavy (non-hydrogen) atoms. The Bertz CT molecular complexity index is 1720. The standard InChI is InChI=1S/C27H23Cl2N3O6S/c1-3-15-11-18(39(35,36)37)14-23(24(15)29)31-32-25-19-8-6-5-7-16(19)12-20(26(25)33)27(34)30-22-13-17(38-4-2)9-10-21(22)28/h5-14,33H,3-4H2,1-2H3,(H,30,34)(H,35,36,37). The Balaban J connectivity index is 1.81. The van der Waals surface area contributed by atoms with Gasteiger partial charge in [-0.2, -0.15) is 8.42 Å². The molecule has 1 amide bonds. The Kier molecular flexibility index (Phi) is 8.41. The number of phenolic OH excluding ortho intramolecular Hbond substituents is 1. The monoisotopic (exact) mass is 587 g/mol. The third-order valence-electron chi connectivity index (χ3n) is 5.78. The molecule has 9 nitrogen and oxygen atoms in total. The van der Waals surface area contributed by atoms with Crippen molar-refractivity contribution in [1.29, 1.82) is 0 Å². The molecule has 0 atom stereocenters. The maximum absolute atomic E-state index is 13.3. The molecule has 0 heterocycles. The summed E-state index contributed by atoms with van der Waals surface area (Å²) in [6, 6.07) is 15.5. The number of aromatic hydroxyl groups is 1. The molecule has 0 saturated carbocycles. The molecule has 202 valence electrons. The van der Waals surface area contributed by atoms with Crippen LogP contribution in [-0.4, -0.2) is 30.6 Å². The largest absolute Gasteiger partial charge is 0.505 e. The highest BCUT2D eigenvalue weighted by atomic mass is 35.5. The van der Waals surface area contributed by atoms with E-state index in [-0.39, 0.29) is 32.7 Å². The Morgan fingerprint density at radius 1 is 1.03 bits per heavy atom. The van der Waals surface area contributed by atoms with Crippen molar-refractivity contribution in [3.05, 3.63) is 81.8 Å². The van der Waals surface area contributed by atoms with Gasteiger partial charge in [0.2, 0.25) is 0 Å². The van der Waals surface area contributed by atoms with Crippen molar-refractivity contribution in [3.8, 4) is 11.5 Å². The minimum Gasteiger partial charge on any atom is -0.505 e. The number of rotatable bonds is 8. The summed E-state index contributed by atoms with van der Waals surface area (Å²) in [7, 11) is -4.54. The quantitative estimate of drug-likeness (QED) is 0.142. The maximum Gasteiger partial charge on any atom is 0.294 e. The van der Waals surface area contributed by atoms with Crippen molar-refractivity contribution in [1.82, 2.24) is 0 Å². The van der Waals surface area contributed by atoms with E-state index >= 15 is 0 Å². The fourth-order valence-electron chi connectivity index (χ4n) is 3.86. The van der Waals surface area contributed by atoms with Crippen LogP contribution in [0.4, 0.5) is 17.1 Å². The smallest absolute Gasteiger partial charge is 0.294 e. The van der Waals surface area contributed by atoms with E-state index in [1.54, 1.807) is 49.4 Å². The van der Waals surface area contributed by atoms with Gasteiger partial charge in [0.05, 0.1) is 32.8 Å². The Morgan fingerprint density at radius 3 is 2.46 bits per heavy atom. The summed E-state index contributed by atoms with van der Waals surface area (Å²) < 4.78 is 38.5. The number of ether oxygens (including phenoxy) is 1. The molecule has 3 N–H and O–H groups in total. The Labute approximate surface area is 234 Å². The van der Waals surface area contributed by atoms with Gasteiger partial charge in [-0.3, -0.25) is 9.35 Å². The first kappa shape index (κ1) is 28.3. The third-order valence-corrected chi connectivity index (χ3v) is 7.37. The van der Waals surface area contributed by atoms with Gasteiger partial charge in [-0.05, 0) is 54.6 Å². The molecule has 0 bridgehead atoms. The number of phenols is 1. The van der Waals surface area contributed by atoms with Gasteiger partial charge >= 0.3 is 0 Å². The molecule has 4 rings (SSSR count). The van der Waals surface area contributed by atoms with Crippen molar-refractivity contribution < 1.29 is 27.6 Å². The van der Waals surface area contributed by atoms with Crippen LogP contribution in [0.1, 0.15) is 29.8 Å². The van der Waals surface area contributed by atoms with E-state index in [4.69, 9.17) is 27.9 Å². The van der Waals surface area contributed by atoms with Gasteiger partial charge in [0.1, 0.15) is 17.1 Å². The Morgan fingerprint density at radius 2 is 1.77 bits per heavy atom. The highest BCUT2D eigenvalue weighted by Crippen LogP contribution is 2.41. The molecule has 0 aliphatic carbocycles. The van der Waals surface area contributed by atoms with E-state index < -0.39 is 26.7 Å². The van der Waals surface area contributed by atoms with Gasteiger partial charge in [0.25, 0.3) is 16.0 Å². The number of carbonyl (C=O) groups is 1. The van der Waals surface area contributed by atoms with Crippen LogP contribution in [0.2, 0.25) is 10.0 Å². The topological polar surface area (TPSA) is 138 Å². The van der Waals surface area contributed by atoms with E-state index in [1.807, 2.05) is 6.92 Å². The number of hydrogen-bond acceptors (Lipinski definition) is 7. The van der Waals surface area contributed by atoms with Gasteiger partial charge in [0, 0.05) is 11.5 Å². The average Bonchev–Trinajstić information content (AvgIpc) is 2.90. The van der Waals surface area contributed by atoms with Crippen LogP contribution >= 0.6 is 23.2 Å². The number of aryl methyl sites for hydroxylation is 1. The fourth-order valence-corrected chi connectivity index (χ4v) is 4.86. The number of nitrogens with one attached hydrogen (secondary N) is 1. The number of carbonyl (C=O) groups excluding carboxylic acids is 1. The van der Waals surface area contributed by atoms with Crippen molar-refractivity contribution >= 4 is 67.1 Å². The lowest BCUT2D eigenvalue weighted by Gasteiger charge is -2.13. The van der Waals surface area contributed by atoms with E-state index in [0.717, 1.165) is 6.07 Å². The molecule has 4 aromatic rings. The lowest BCUT2D eigenvalue weighted by atomic mass is 10.0. The molecule has 0 spiro atoms. The van der Waals surface area contributed by atoms with Crippen LogP contribution in [0.5, 0.6) is 11.5 Å². The van der Waals surface area contributed by atoms with Crippen LogP contribution in [0.25, 0.3) is 10.8 Å². The minimum atomic E-state index is -4.54. The highest BCUT2D eigenvalue weighted by Gasteiger charge is 2.21. The van der Waals surface area contributed by atoms with E-state index in [2.05, 4.69) is 15.5 Å². The summed E-state index contributed by atoms with van der Waals surface area (Å²) in [4.78, 5) is 12.9. The summed E-state index contributed by atoms with van der Waals surface area (Å²) in [6.07, 6.45) is 0.363. The SMILES string of the molecule is CCOc1ccc(Cl)c(NC(=O)c2cc3ccccc3c(N=Nc3cc(S(=O)(=O)O)cc(CC)c3Cl)c2O)c1. The molecule has 0 radical (unpaired) electrons. The molecule has 0 aromatic heterocycles. The number of anilines is 1. The van der Waals surface area contributed by atoms with Crippen molar-refractivity contribution in [3.63, 3.8) is 0 Å². The van der Waals surface area contributed by atoms with Crippen LogP contribution < -0.4 is 10.1 Å². The second-order valence-corrected chi connectivity index (χ2v) is 10.5. The zero-order chi connectivity index (χ0) is 28.3. The van der Waals surface area contributed by atoms with Crippen molar-refractivity contribution in [2.24, 2.45) is 10.2 Å². The Hall–Kier alpha value is -3.70. The van der Waals surface area contributed by atoms with Crippen LogP contribution in [-0.2, 0) is 16.5 Å². The summed E-state index contributed by atoms with van der Waals surface area (Å²) in [5.74, 6) is -0.625. The molecule has 4 aromatic carbocycles. The summed E-state index contributed by atoms with van der Waals surface area (Å²) >= 11 is 12.7. The molecule has 0 aliphatic heterocycles. The van der Waals surface area contributed by atoms with Gasteiger partial charge in [-0.25, -0.2) is 0 Å². The maximum atomic E-state index is 13.3.